The maximum absolute atomic E-state index is 11.1. The minimum Gasteiger partial charge on any atom is -0.493 e. The lowest BCUT2D eigenvalue weighted by molar-refractivity contribution is -0.140. The molecule has 1 rings (SSSR count). The van der Waals surface area contributed by atoms with Crippen molar-refractivity contribution >= 4 is 17.6 Å². The van der Waals surface area contributed by atoms with Crippen LogP contribution in [0.15, 0.2) is 23.2 Å². The number of ether oxygens (including phenoxy) is 3. The van der Waals surface area contributed by atoms with Gasteiger partial charge in [-0.1, -0.05) is 12.8 Å². The lowest BCUT2D eigenvalue weighted by Crippen LogP contribution is -2.30. The van der Waals surface area contributed by atoms with Crippen LogP contribution in [-0.4, -0.2) is 45.8 Å². The highest BCUT2D eigenvalue weighted by atomic mass is 16.5. The van der Waals surface area contributed by atoms with Crippen molar-refractivity contribution in [2.75, 3.05) is 39.2 Å². The van der Waals surface area contributed by atoms with Gasteiger partial charge in [0.15, 0.2) is 17.5 Å². The second-order valence-electron chi connectivity index (χ2n) is 5.92. The van der Waals surface area contributed by atoms with E-state index in [9.17, 15) is 4.79 Å². The third kappa shape index (κ3) is 9.17. The molecule has 0 heterocycles. The molecule has 0 atom stereocenters. The zero-order valence-corrected chi connectivity index (χ0v) is 17.0. The maximum Gasteiger partial charge on any atom is 0.305 e. The number of methoxy groups -OCH3 is 2. The molecule has 0 radical (unpaired) electrons. The lowest BCUT2D eigenvalue weighted by atomic mass is 10.1. The van der Waals surface area contributed by atoms with E-state index in [0.29, 0.717) is 24.5 Å². The van der Waals surface area contributed by atoms with Gasteiger partial charge in [0.05, 0.1) is 20.8 Å². The molecule has 27 heavy (non-hydrogen) atoms. The van der Waals surface area contributed by atoms with Crippen molar-refractivity contribution in [3.05, 3.63) is 18.2 Å². The summed E-state index contributed by atoms with van der Waals surface area (Å²) in [7, 11) is 3.05. The fraction of sp³-hybridized carbons (Fsp3) is 0.600. The van der Waals surface area contributed by atoms with Crippen molar-refractivity contribution in [1.82, 2.24) is 5.32 Å². The van der Waals surface area contributed by atoms with Gasteiger partial charge in [0.1, 0.15) is 0 Å². The molecule has 0 aromatic heterocycles. The Morgan fingerprint density at radius 2 is 1.85 bits per heavy atom. The van der Waals surface area contributed by atoms with E-state index in [1.165, 1.54) is 7.11 Å². The fourth-order valence-corrected chi connectivity index (χ4v) is 2.49. The van der Waals surface area contributed by atoms with E-state index in [0.717, 1.165) is 50.4 Å². The molecule has 0 unspecified atom stereocenters. The molecule has 0 saturated heterocycles. The number of rotatable bonds is 12. The van der Waals surface area contributed by atoms with Gasteiger partial charge in [0.2, 0.25) is 0 Å². The van der Waals surface area contributed by atoms with Gasteiger partial charge in [-0.15, -0.1) is 0 Å². The number of anilines is 1. The predicted molar refractivity (Wildman–Crippen MR) is 109 cm³/mol. The first-order chi connectivity index (χ1) is 13.1. The van der Waals surface area contributed by atoms with Gasteiger partial charge in [-0.05, 0) is 38.8 Å². The minimum atomic E-state index is -0.141. The normalized spacial score (nSPS) is 11.0. The number of hydrogen-bond donors (Lipinski definition) is 2. The molecule has 1 aromatic carbocycles. The quantitative estimate of drug-likeness (QED) is 0.250. The van der Waals surface area contributed by atoms with Crippen LogP contribution in [0, 0.1) is 0 Å². The average molecular weight is 380 g/mol. The third-order valence-corrected chi connectivity index (χ3v) is 3.86. The Hall–Kier alpha value is -2.44. The van der Waals surface area contributed by atoms with Crippen molar-refractivity contribution in [2.45, 2.75) is 46.0 Å². The summed E-state index contributed by atoms with van der Waals surface area (Å²) < 4.78 is 15.6. The number of carbonyl (C=O) groups is 1. The number of benzene rings is 1. The molecule has 7 heteroatoms. The monoisotopic (exact) mass is 379 g/mol. The first-order valence-electron chi connectivity index (χ1n) is 9.57. The Morgan fingerprint density at radius 1 is 1.07 bits per heavy atom. The van der Waals surface area contributed by atoms with Gasteiger partial charge in [-0.3, -0.25) is 9.79 Å². The van der Waals surface area contributed by atoms with E-state index in [-0.39, 0.29) is 5.97 Å². The summed E-state index contributed by atoms with van der Waals surface area (Å²) in [5.74, 6) is 2.00. The van der Waals surface area contributed by atoms with Crippen LogP contribution >= 0.6 is 0 Å². The Kier molecular flexibility index (Phi) is 11.5. The van der Waals surface area contributed by atoms with Crippen molar-refractivity contribution in [3.63, 3.8) is 0 Å². The SMILES string of the molecule is CCNC(=NCCCCCCC(=O)OC)Nc1ccc(OC)c(OCC)c1. The third-order valence-electron chi connectivity index (χ3n) is 3.86. The molecule has 0 amide bonds. The number of nitrogens with one attached hydrogen (secondary N) is 2. The number of hydrogen-bond acceptors (Lipinski definition) is 5. The maximum atomic E-state index is 11.1. The summed E-state index contributed by atoms with van der Waals surface area (Å²) in [6.07, 6.45) is 4.37. The fourth-order valence-electron chi connectivity index (χ4n) is 2.49. The summed E-state index contributed by atoms with van der Waals surface area (Å²) in [5.41, 5.74) is 0.886. The minimum absolute atomic E-state index is 0.141. The Labute approximate surface area is 162 Å². The largest absolute Gasteiger partial charge is 0.493 e. The second-order valence-corrected chi connectivity index (χ2v) is 5.92. The first kappa shape index (κ1) is 22.6. The number of nitrogens with zero attached hydrogens (tertiary/aromatic N) is 1. The Balaban J connectivity index is 2.51. The van der Waals surface area contributed by atoms with Crippen molar-refractivity contribution in [2.24, 2.45) is 4.99 Å². The van der Waals surface area contributed by atoms with Crippen LogP contribution in [-0.2, 0) is 9.53 Å². The van der Waals surface area contributed by atoms with Crippen LogP contribution in [0.25, 0.3) is 0 Å². The molecule has 0 aliphatic rings. The van der Waals surface area contributed by atoms with Crippen LogP contribution in [0.2, 0.25) is 0 Å². The van der Waals surface area contributed by atoms with E-state index < -0.39 is 0 Å². The molecule has 0 spiro atoms. The van der Waals surface area contributed by atoms with Crippen molar-refractivity contribution < 1.29 is 19.0 Å². The lowest BCUT2D eigenvalue weighted by Gasteiger charge is -2.14. The highest BCUT2D eigenvalue weighted by Crippen LogP contribution is 2.30. The zero-order valence-electron chi connectivity index (χ0n) is 17.0. The Bertz CT molecular complexity index is 591. The molecule has 7 nitrogen and oxygen atoms in total. The van der Waals surface area contributed by atoms with E-state index in [4.69, 9.17) is 9.47 Å². The first-order valence-corrected chi connectivity index (χ1v) is 9.57. The summed E-state index contributed by atoms with van der Waals surface area (Å²) in [6.45, 7) is 6.05. The Morgan fingerprint density at radius 3 is 2.52 bits per heavy atom. The van der Waals surface area contributed by atoms with Crippen LogP contribution in [0.1, 0.15) is 46.0 Å². The molecular formula is C20H33N3O4. The number of esters is 1. The molecule has 0 saturated carbocycles. The summed E-state index contributed by atoms with van der Waals surface area (Å²) in [6, 6.07) is 5.71. The van der Waals surface area contributed by atoms with Crippen LogP contribution in [0.5, 0.6) is 11.5 Å². The molecule has 2 N–H and O–H groups in total. The molecule has 0 aliphatic heterocycles. The number of carbonyl (C=O) groups excluding carboxylic acids is 1. The number of unbranched alkanes of at least 4 members (excludes halogenated alkanes) is 3. The van der Waals surface area contributed by atoms with E-state index in [2.05, 4.69) is 20.4 Å². The van der Waals surface area contributed by atoms with Gasteiger partial charge < -0.3 is 24.8 Å². The number of aliphatic imine (C=N–C) groups is 1. The van der Waals surface area contributed by atoms with Crippen LogP contribution in [0.3, 0.4) is 0 Å². The van der Waals surface area contributed by atoms with E-state index >= 15 is 0 Å². The molecule has 0 bridgehead atoms. The van der Waals surface area contributed by atoms with Crippen LogP contribution in [0.4, 0.5) is 5.69 Å². The van der Waals surface area contributed by atoms with Gasteiger partial charge in [-0.2, -0.15) is 0 Å². The summed E-state index contributed by atoms with van der Waals surface area (Å²) >= 11 is 0. The van der Waals surface area contributed by atoms with Gasteiger partial charge in [0, 0.05) is 31.3 Å². The molecule has 152 valence electrons. The van der Waals surface area contributed by atoms with E-state index in [1.807, 2.05) is 32.0 Å². The molecular weight excluding hydrogens is 346 g/mol. The van der Waals surface area contributed by atoms with Crippen LogP contribution < -0.4 is 20.1 Å². The van der Waals surface area contributed by atoms with E-state index in [1.54, 1.807) is 7.11 Å². The zero-order chi connectivity index (χ0) is 19.9. The van der Waals surface area contributed by atoms with Crippen molar-refractivity contribution in [1.29, 1.82) is 0 Å². The van der Waals surface area contributed by atoms with Gasteiger partial charge in [-0.25, -0.2) is 0 Å². The summed E-state index contributed by atoms with van der Waals surface area (Å²) in [5, 5.41) is 6.54. The van der Waals surface area contributed by atoms with Crippen molar-refractivity contribution in [3.8, 4) is 11.5 Å². The molecule has 0 fully saturated rings. The smallest absolute Gasteiger partial charge is 0.305 e. The summed E-state index contributed by atoms with van der Waals surface area (Å²) in [4.78, 5) is 15.7. The average Bonchev–Trinajstić information content (AvgIpc) is 2.67. The topological polar surface area (TPSA) is 81.2 Å². The highest BCUT2D eigenvalue weighted by Gasteiger charge is 2.07. The van der Waals surface area contributed by atoms with Gasteiger partial charge >= 0.3 is 5.97 Å². The number of guanidine groups is 1. The highest BCUT2D eigenvalue weighted by molar-refractivity contribution is 5.93. The molecule has 1 aromatic rings. The van der Waals surface area contributed by atoms with Gasteiger partial charge in [0.25, 0.3) is 0 Å². The predicted octanol–water partition coefficient (Wildman–Crippen LogP) is 3.59. The molecule has 0 aliphatic carbocycles. The second kappa shape index (κ2) is 13.7. The standard InChI is InChI=1S/C20H33N3O4/c1-5-21-20(22-14-10-8-7-9-11-19(24)26-4)23-16-12-13-17(25-3)18(15-16)27-6-2/h12-13,15H,5-11,14H2,1-4H3,(H2,21,22,23).